The molecular formula is C17H25FN4O4S. The third-order valence-corrected chi connectivity index (χ3v) is 6.61. The van der Waals surface area contributed by atoms with E-state index in [4.69, 9.17) is 4.74 Å². The zero-order chi connectivity index (χ0) is 19.4. The van der Waals surface area contributed by atoms with E-state index < -0.39 is 34.4 Å². The monoisotopic (exact) mass is 400 g/mol. The second-order valence-electron chi connectivity index (χ2n) is 6.68. The molecule has 27 heavy (non-hydrogen) atoms. The molecule has 0 bridgehead atoms. The van der Waals surface area contributed by atoms with Crippen LogP contribution in [0.3, 0.4) is 0 Å². The number of hydrogen-bond donors (Lipinski definition) is 2. The van der Waals surface area contributed by atoms with Crippen LogP contribution in [0.1, 0.15) is 6.92 Å². The minimum atomic E-state index is -3.42. The third-order valence-electron chi connectivity index (χ3n) is 4.77. The number of rotatable bonds is 6. The van der Waals surface area contributed by atoms with Crippen molar-refractivity contribution in [1.82, 2.24) is 19.8 Å². The summed E-state index contributed by atoms with van der Waals surface area (Å²) in [5, 5.41) is 5.59. The minimum Gasteiger partial charge on any atom is -0.492 e. The molecule has 2 aliphatic rings. The lowest BCUT2D eigenvalue weighted by Gasteiger charge is -2.42. The first-order valence-corrected chi connectivity index (χ1v) is 10.6. The maximum absolute atomic E-state index is 13.6. The van der Waals surface area contributed by atoms with Crippen molar-refractivity contribution in [3.8, 4) is 5.75 Å². The van der Waals surface area contributed by atoms with Gasteiger partial charge in [-0.3, -0.25) is 15.0 Å². The van der Waals surface area contributed by atoms with Crippen molar-refractivity contribution in [2.45, 2.75) is 25.4 Å². The van der Waals surface area contributed by atoms with Gasteiger partial charge < -0.3 is 10.1 Å². The molecule has 0 radical (unpaired) electrons. The first-order valence-electron chi connectivity index (χ1n) is 8.97. The molecule has 3 rings (SSSR count). The highest BCUT2D eigenvalue weighted by Crippen LogP contribution is 2.14. The summed E-state index contributed by atoms with van der Waals surface area (Å²) in [6.07, 6.45) is -2.06. The van der Waals surface area contributed by atoms with E-state index in [-0.39, 0.29) is 12.4 Å². The summed E-state index contributed by atoms with van der Waals surface area (Å²) in [4.78, 5) is 13.6. The van der Waals surface area contributed by atoms with Crippen LogP contribution in [0, 0.1) is 0 Å². The number of ether oxygens (including phenoxy) is 1. The highest BCUT2D eigenvalue weighted by Gasteiger charge is 2.37. The zero-order valence-electron chi connectivity index (χ0n) is 15.2. The van der Waals surface area contributed by atoms with Crippen LogP contribution in [0.4, 0.5) is 4.39 Å². The number of alkyl halides is 1. The van der Waals surface area contributed by atoms with Gasteiger partial charge in [-0.2, -0.15) is 4.31 Å². The number of nitrogens with one attached hydrogen (secondary N) is 2. The Morgan fingerprint density at radius 1 is 1.19 bits per heavy atom. The number of piperazine rings is 1. The Labute approximate surface area is 158 Å². The molecule has 2 N–H and O–H groups in total. The second-order valence-corrected chi connectivity index (χ2v) is 8.77. The SMILES string of the molecule is CC1NC(N2CCN(S(=O)(=O)CCOc3ccccc3)CC2)NC(=O)C1F. The van der Waals surface area contributed by atoms with Crippen LogP contribution in [0.15, 0.2) is 30.3 Å². The summed E-state index contributed by atoms with van der Waals surface area (Å²) in [5.74, 6) is -0.0998. The van der Waals surface area contributed by atoms with Gasteiger partial charge >= 0.3 is 0 Å². The summed E-state index contributed by atoms with van der Waals surface area (Å²) in [6.45, 7) is 3.22. The van der Waals surface area contributed by atoms with Crippen molar-refractivity contribution in [2.75, 3.05) is 38.5 Å². The molecule has 3 atom stereocenters. The van der Waals surface area contributed by atoms with Crippen LogP contribution >= 0.6 is 0 Å². The quantitative estimate of drug-likeness (QED) is 0.684. The molecule has 1 amide bonds. The molecule has 10 heteroatoms. The summed E-state index contributed by atoms with van der Waals surface area (Å²) < 4.78 is 45.5. The van der Waals surface area contributed by atoms with Gasteiger partial charge in [0.1, 0.15) is 18.6 Å². The smallest absolute Gasteiger partial charge is 0.258 e. The van der Waals surface area contributed by atoms with Crippen molar-refractivity contribution in [2.24, 2.45) is 0 Å². The van der Waals surface area contributed by atoms with Crippen LogP contribution in [-0.2, 0) is 14.8 Å². The fourth-order valence-corrected chi connectivity index (χ4v) is 4.44. The molecule has 2 aliphatic heterocycles. The van der Waals surface area contributed by atoms with Crippen LogP contribution in [0.5, 0.6) is 5.75 Å². The highest BCUT2D eigenvalue weighted by atomic mass is 32.2. The summed E-state index contributed by atoms with van der Waals surface area (Å²) in [6, 6.07) is 8.49. The zero-order valence-corrected chi connectivity index (χ0v) is 16.0. The number of hydrogen-bond acceptors (Lipinski definition) is 6. The average Bonchev–Trinajstić information content (AvgIpc) is 2.66. The largest absolute Gasteiger partial charge is 0.492 e. The van der Waals surface area contributed by atoms with E-state index in [1.54, 1.807) is 19.1 Å². The normalized spacial score (nSPS) is 27.9. The molecule has 2 saturated heterocycles. The van der Waals surface area contributed by atoms with Gasteiger partial charge in [0, 0.05) is 32.2 Å². The van der Waals surface area contributed by atoms with E-state index in [0.717, 1.165) is 0 Å². The lowest BCUT2D eigenvalue weighted by atomic mass is 10.1. The molecule has 0 spiro atoms. The van der Waals surface area contributed by atoms with Crippen molar-refractivity contribution in [1.29, 1.82) is 0 Å². The number of carbonyl (C=O) groups excluding carboxylic acids is 1. The predicted molar refractivity (Wildman–Crippen MR) is 98.3 cm³/mol. The van der Waals surface area contributed by atoms with Gasteiger partial charge in [0.25, 0.3) is 5.91 Å². The standard InChI is InChI=1S/C17H25FN4O4S/c1-13-15(18)16(23)20-17(19-13)21-7-9-22(10-8-21)27(24,25)12-11-26-14-5-3-2-4-6-14/h2-6,13,15,17,19H,7-12H2,1H3,(H,20,23). The summed E-state index contributed by atoms with van der Waals surface area (Å²) in [7, 11) is -3.42. The van der Waals surface area contributed by atoms with Gasteiger partial charge in [-0.25, -0.2) is 12.8 Å². The topological polar surface area (TPSA) is 91.0 Å². The molecular weight excluding hydrogens is 375 g/mol. The van der Waals surface area contributed by atoms with Gasteiger partial charge in [-0.1, -0.05) is 18.2 Å². The predicted octanol–water partition coefficient (Wildman–Crippen LogP) is -0.258. The van der Waals surface area contributed by atoms with E-state index in [2.05, 4.69) is 10.6 Å². The van der Waals surface area contributed by atoms with Gasteiger partial charge in [-0.05, 0) is 19.1 Å². The molecule has 150 valence electrons. The van der Waals surface area contributed by atoms with Crippen LogP contribution in [0.25, 0.3) is 0 Å². The molecule has 0 aromatic heterocycles. The molecule has 1 aromatic carbocycles. The third kappa shape index (κ3) is 4.95. The Hall–Kier alpha value is -1.75. The maximum Gasteiger partial charge on any atom is 0.258 e. The molecule has 8 nitrogen and oxygen atoms in total. The summed E-state index contributed by atoms with van der Waals surface area (Å²) >= 11 is 0. The van der Waals surface area contributed by atoms with E-state index in [0.29, 0.717) is 31.9 Å². The number of sulfonamides is 1. The van der Waals surface area contributed by atoms with Crippen LogP contribution in [0.2, 0.25) is 0 Å². The Morgan fingerprint density at radius 3 is 2.48 bits per heavy atom. The van der Waals surface area contributed by atoms with E-state index >= 15 is 0 Å². The van der Waals surface area contributed by atoms with E-state index in [9.17, 15) is 17.6 Å². The molecule has 0 aliphatic carbocycles. The second kappa shape index (κ2) is 8.51. The number of carbonyl (C=O) groups is 1. The first kappa shape index (κ1) is 20.0. The number of benzene rings is 1. The van der Waals surface area contributed by atoms with Crippen LogP contribution in [-0.4, -0.2) is 80.6 Å². The van der Waals surface area contributed by atoms with Gasteiger partial charge in [-0.15, -0.1) is 0 Å². The van der Waals surface area contributed by atoms with Gasteiger partial charge in [0.05, 0.1) is 5.75 Å². The summed E-state index contributed by atoms with van der Waals surface area (Å²) in [5.41, 5.74) is 0. The molecule has 0 saturated carbocycles. The van der Waals surface area contributed by atoms with Crippen molar-refractivity contribution in [3.63, 3.8) is 0 Å². The van der Waals surface area contributed by atoms with Crippen molar-refractivity contribution in [3.05, 3.63) is 30.3 Å². The lowest BCUT2D eigenvalue weighted by molar-refractivity contribution is -0.133. The van der Waals surface area contributed by atoms with Crippen molar-refractivity contribution >= 4 is 15.9 Å². The van der Waals surface area contributed by atoms with Gasteiger partial charge in [0.15, 0.2) is 6.17 Å². The number of para-hydroxylation sites is 1. The van der Waals surface area contributed by atoms with Gasteiger partial charge in [0.2, 0.25) is 10.0 Å². The number of halogens is 1. The van der Waals surface area contributed by atoms with E-state index in [1.807, 2.05) is 23.1 Å². The Balaban J connectivity index is 1.47. The molecule has 1 aromatic rings. The minimum absolute atomic E-state index is 0.0855. The Kier molecular flexibility index (Phi) is 6.30. The van der Waals surface area contributed by atoms with E-state index in [1.165, 1.54) is 4.31 Å². The Bertz CT molecular complexity index is 741. The number of nitrogens with zero attached hydrogens (tertiary/aromatic N) is 2. The number of amides is 1. The first-order chi connectivity index (χ1) is 12.9. The van der Waals surface area contributed by atoms with Crippen LogP contribution < -0.4 is 15.4 Å². The molecule has 3 unspecified atom stereocenters. The molecule has 2 heterocycles. The fraction of sp³-hybridized carbons (Fsp3) is 0.588. The average molecular weight is 400 g/mol. The highest BCUT2D eigenvalue weighted by molar-refractivity contribution is 7.89. The lowest BCUT2D eigenvalue weighted by Crippen LogP contribution is -2.69. The molecule has 2 fully saturated rings. The maximum atomic E-state index is 13.6. The Morgan fingerprint density at radius 2 is 1.85 bits per heavy atom. The fourth-order valence-electron chi connectivity index (χ4n) is 3.16. The van der Waals surface area contributed by atoms with Crippen molar-refractivity contribution < 1.29 is 22.3 Å².